The first-order valence-corrected chi connectivity index (χ1v) is 8.47. The quantitative estimate of drug-likeness (QED) is 0.620. The van der Waals surface area contributed by atoms with E-state index in [4.69, 9.17) is 10.5 Å². The molecule has 0 spiro atoms. The van der Waals surface area contributed by atoms with Gasteiger partial charge in [0.05, 0.1) is 6.61 Å². The topological polar surface area (TPSA) is 52.3 Å². The monoisotopic (exact) mass is 293 g/mol. The molecule has 0 aliphatic heterocycles. The summed E-state index contributed by atoms with van der Waals surface area (Å²) in [5.74, 6) is 1.59. The lowest BCUT2D eigenvalue weighted by Gasteiger charge is -2.10. The highest BCUT2D eigenvalue weighted by Crippen LogP contribution is 2.24. The van der Waals surface area contributed by atoms with E-state index in [1.807, 2.05) is 11.8 Å². The fraction of sp³-hybridized carbons (Fsp3) is 0.562. The average Bonchev–Trinajstić information content (AvgIpc) is 2.91. The molecule has 1 aliphatic carbocycles. The van der Waals surface area contributed by atoms with Gasteiger partial charge in [-0.05, 0) is 55.1 Å². The van der Waals surface area contributed by atoms with Gasteiger partial charge in [-0.25, -0.2) is 0 Å². The zero-order valence-corrected chi connectivity index (χ0v) is 12.9. The summed E-state index contributed by atoms with van der Waals surface area (Å²) in [6.07, 6.45) is 4.42. The fourth-order valence-corrected chi connectivity index (χ4v) is 3.46. The van der Waals surface area contributed by atoms with Crippen LogP contribution in [-0.4, -0.2) is 24.4 Å². The van der Waals surface area contributed by atoms with E-state index in [0.717, 1.165) is 11.5 Å². The Kier molecular flexibility index (Phi) is 5.92. The van der Waals surface area contributed by atoms with Crippen LogP contribution in [0.2, 0.25) is 0 Å². The lowest BCUT2D eigenvalue weighted by molar-refractivity contribution is -0.144. The van der Waals surface area contributed by atoms with Gasteiger partial charge in [0.2, 0.25) is 0 Å². The maximum Gasteiger partial charge on any atom is 0.322 e. The number of thioether (sulfide) groups is 1. The Labute approximate surface area is 125 Å². The van der Waals surface area contributed by atoms with E-state index in [9.17, 15) is 4.79 Å². The first-order chi connectivity index (χ1) is 9.70. The van der Waals surface area contributed by atoms with E-state index in [0.29, 0.717) is 13.0 Å². The van der Waals surface area contributed by atoms with Crippen LogP contribution in [0.1, 0.15) is 36.5 Å². The molecule has 0 saturated heterocycles. The van der Waals surface area contributed by atoms with Gasteiger partial charge in [0.15, 0.2) is 0 Å². The SMILES string of the molecule is CCOC(=O)C(N)CCSCc1ccc2c(c1)CCC2. The number of hydrogen-bond donors (Lipinski definition) is 1. The summed E-state index contributed by atoms with van der Waals surface area (Å²) in [6, 6.07) is 6.34. The van der Waals surface area contributed by atoms with Crippen molar-refractivity contribution in [2.24, 2.45) is 5.73 Å². The molecule has 4 heteroatoms. The van der Waals surface area contributed by atoms with Gasteiger partial charge in [0, 0.05) is 5.75 Å². The van der Waals surface area contributed by atoms with Crippen LogP contribution in [0.3, 0.4) is 0 Å². The molecule has 2 N–H and O–H groups in total. The van der Waals surface area contributed by atoms with Crippen molar-refractivity contribution >= 4 is 17.7 Å². The molecule has 0 aromatic heterocycles. The summed E-state index contributed by atoms with van der Waals surface area (Å²) >= 11 is 1.83. The number of ether oxygens (including phenoxy) is 1. The van der Waals surface area contributed by atoms with Crippen molar-refractivity contribution in [2.75, 3.05) is 12.4 Å². The molecule has 0 saturated carbocycles. The maximum absolute atomic E-state index is 11.4. The summed E-state index contributed by atoms with van der Waals surface area (Å²) < 4.78 is 4.90. The normalized spacial score (nSPS) is 14.9. The molecule has 0 amide bonds. The average molecular weight is 293 g/mol. The summed E-state index contributed by atoms with van der Waals surface area (Å²) in [6.45, 7) is 2.20. The van der Waals surface area contributed by atoms with Crippen LogP contribution in [0.25, 0.3) is 0 Å². The highest BCUT2D eigenvalue weighted by Gasteiger charge is 2.14. The summed E-state index contributed by atoms with van der Waals surface area (Å²) in [5, 5.41) is 0. The molecule has 2 rings (SSSR count). The van der Waals surface area contributed by atoms with Crippen molar-refractivity contribution < 1.29 is 9.53 Å². The van der Waals surface area contributed by atoms with Gasteiger partial charge >= 0.3 is 5.97 Å². The fourth-order valence-electron chi connectivity index (χ4n) is 2.48. The lowest BCUT2D eigenvalue weighted by atomic mass is 10.1. The number of rotatable bonds is 7. The Morgan fingerprint density at radius 1 is 1.40 bits per heavy atom. The molecule has 20 heavy (non-hydrogen) atoms. The molecule has 3 nitrogen and oxygen atoms in total. The number of aryl methyl sites for hydroxylation is 2. The van der Waals surface area contributed by atoms with Gasteiger partial charge in [-0.15, -0.1) is 0 Å². The minimum atomic E-state index is -0.484. The number of fused-ring (bicyclic) bond motifs is 1. The molecule has 0 heterocycles. The van der Waals surface area contributed by atoms with Gasteiger partial charge in [0.1, 0.15) is 6.04 Å². The Hall–Kier alpha value is -1.00. The van der Waals surface area contributed by atoms with Gasteiger partial charge in [0.25, 0.3) is 0 Å². The third-order valence-electron chi connectivity index (χ3n) is 3.59. The van der Waals surface area contributed by atoms with E-state index in [2.05, 4.69) is 18.2 Å². The number of hydrogen-bond acceptors (Lipinski definition) is 4. The second-order valence-electron chi connectivity index (χ2n) is 5.16. The van der Waals surface area contributed by atoms with E-state index in [1.54, 1.807) is 6.92 Å². The number of carbonyl (C=O) groups excluding carboxylic acids is 1. The predicted molar refractivity (Wildman–Crippen MR) is 83.9 cm³/mol. The molecule has 0 fully saturated rings. The van der Waals surface area contributed by atoms with Crippen LogP contribution in [0, 0.1) is 0 Å². The zero-order chi connectivity index (χ0) is 14.4. The second-order valence-corrected chi connectivity index (χ2v) is 6.26. The third-order valence-corrected chi connectivity index (χ3v) is 4.66. The van der Waals surface area contributed by atoms with Crippen LogP contribution >= 0.6 is 11.8 Å². The highest BCUT2D eigenvalue weighted by molar-refractivity contribution is 7.98. The summed E-state index contributed by atoms with van der Waals surface area (Å²) in [7, 11) is 0. The van der Waals surface area contributed by atoms with Gasteiger partial charge < -0.3 is 10.5 Å². The molecule has 110 valence electrons. The minimum Gasteiger partial charge on any atom is -0.465 e. The van der Waals surface area contributed by atoms with Crippen molar-refractivity contribution in [2.45, 2.75) is 44.4 Å². The van der Waals surface area contributed by atoms with Crippen molar-refractivity contribution in [3.63, 3.8) is 0 Å². The summed E-state index contributed by atoms with van der Waals surface area (Å²) in [4.78, 5) is 11.4. The lowest BCUT2D eigenvalue weighted by Crippen LogP contribution is -2.32. The van der Waals surface area contributed by atoms with Crippen LogP contribution in [0.5, 0.6) is 0 Å². The first-order valence-electron chi connectivity index (χ1n) is 7.31. The van der Waals surface area contributed by atoms with Crippen molar-refractivity contribution in [3.8, 4) is 0 Å². The van der Waals surface area contributed by atoms with Gasteiger partial charge in [-0.2, -0.15) is 11.8 Å². The van der Waals surface area contributed by atoms with Crippen molar-refractivity contribution in [1.82, 2.24) is 0 Å². The maximum atomic E-state index is 11.4. The first kappa shape index (κ1) is 15.4. The molecular weight excluding hydrogens is 270 g/mol. The van der Waals surface area contributed by atoms with E-state index < -0.39 is 6.04 Å². The molecular formula is C16H23NO2S. The van der Waals surface area contributed by atoms with E-state index >= 15 is 0 Å². The molecule has 1 unspecified atom stereocenters. The Bertz CT molecular complexity index is 462. The Morgan fingerprint density at radius 2 is 2.20 bits per heavy atom. The molecule has 0 radical (unpaired) electrons. The number of benzene rings is 1. The molecule has 1 aliphatic rings. The van der Waals surface area contributed by atoms with Crippen LogP contribution < -0.4 is 5.73 Å². The third kappa shape index (κ3) is 4.25. The summed E-state index contributed by atoms with van der Waals surface area (Å²) in [5.41, 5.74) is 10.2. The van der Waals surface area contributed by atoms with Gasteiger partial charge in [-0.1, -0.05) is 18.2 Å². The zero-order valence-electron chi connectivity index (χ0n) is 12.1. The smallest absolute Gasteiger partial charge is 0.322 e. The number of nitrogens with two attached hydrogens (primary N) is 1. The highest BCUT2D eigenvalue weighted by atomic mass is 32.2. The van der Waals surface area contributed by atoms with Crippen LogP contribution in [0.15, 0.2) is 18.2 Å². The molecule has 1 aromatic carbocycles. The largest absolute Gasteiger partial charge is 0.465 e. The molecule has 1 aromatic rings. The van der Waals surface area contributed by atoms with Gasteiger partial charge in [-0.3, -0.25) is 4.79 Å². The standard InChI is InChI=1S/C16H23NO2S/c1-2-19-16(18)15(17)8-9-20-11-12-6-7-13-4-3-5-14(13)10-12/h6-7,10,15H,2-5,8-9,11,17H2,1H3. The number of esters is 1. The van der Waals surface area contributed by atoms with Crippen LogP contribution in [0.4, 0.5) is 0 Å². The Balaban J connectivity index is 1.70. The molecule has 1 atom stereocenters. The van der Waals surface area contributed by atoms with Crippen LogP contribution in [-0.2, 0) is 28.1 Å². The van der Waals surface area contributed by atoms with E-state index in [-0.39, 0.29) is 5.97 Å². The number of carbonyl (C=O) groups is 1. The second kappa shape index (κ2) is 7.70. The van der Waals surface area contributed by atoms with Crippen molar-refractivity contribution in [1.29, 1.82) is 0 Å². The van der Waals surface area contributed by atoms with E-state index in [1.165, 1.54) is 36.0 Å². The minimum absolute atomic E-state index is 0.286. The Morgan fingerprint density at radius 3 is 3.00 bits per heavy atom. The molecule has 0 bridgehead atoms. The van der Waals surface area contributed by atoms with Crippen molar-refractivity contribution in [3.05, 3.63) is 34.9 Å². The predicted octanol–water partition coefficient (Wildman–Crippen LogP) is 2.69.